The molecule has 2 unspecified atom stereocenters. The second-order valence-electron chi connectivity index (χ2n) is 4.96. The van der Waals surface area contributed by atoms with Crippen molar-refractivity contribution in [1.82, 2.24) is 0 Å². The molecule has 3 heteroatoms. The summed E-state index contributed by atoms with van der Waals surface area (Å²) in [6, 6.07) is 10.1. The number of benzene rings is 1. The fraction of sp³-hybridized carbons (Fsp3) is 0.500. The molecule has 0 radical (unpaired) electrons. The van der Waals surface area contributed by atoms with Gasteiger partial charge in [0.2, 0.25) is 0 Å². The molecule has 1 fully saturated rings. The molecule has 2 aliphatic rings. The monoisotopic (exact) mass is 231 g/mol. The average Bonchev–Trinajstić information content (AvgIpc) is 2.80. The van der Waals surface area contributed by atoms with Gasteiger partial charge in [-0.15, -0.1) is 0 Å². The zero-order valence-corrected chi connectivity index (χ0v) is 9.80. The molecular formula is C14H17NO2. The number of aliphatic hydroxyl groups is 1. The van der Waals surface area contributed by atoms with Gasteiger partial charge in [0.05, 0.1) is 18.2 Å². The molecule has 1 heterocycles. The molecule has 17 heavy (non-hydrogen) atoms. The van der Waals surface area contributed by atoms with Crippen molar-refractivity contribution in [3.05, 3.63) is 35.9 Å². The fourth-order valence-corrected chi connectivity index (χ4v) is 2.99. The number of hydrogen-bond acceptors (Lipinski definition) is 3. The van der Waals surface area contributed by atoms with Gasteiger partial charge in [-0.05, 0) is 24.8 Å². The lowest BCUT2D eigenvalue weighted by molar-refractivity contribution is -0.0978. The summed E-state index contributed by atoms with van der Waals surface area (Å²) in [5.41, 5.74) is 1.69. The minimum atomic E-state index is -0.441. The number of aliphatic hydroxyl groups excluding tert-OH is 1. The summed E-state index contributed by atoms with van der Waals surface area (Å²) >= 11 is 0. The minimum absolute atomic E-state index is 0.0670. The highest BCUT2D eigenvalue weighted by Crippen LogP contribution is 2.42. The van der Waals surface area contributed by atoms with Crippen LogP contribution in [0.4, 0.5) is 0 Å². The Bertz CT molecular complexity index is 429. The zero-order chi connectivity index (χ0) is 11.7. The molecule has 1 aromatic rings. The maximum Gasteiger partial charge on any atom is 0.169 e. The van der Waals surface area contributed by atoms with Crippen LogP contribution in [0.15, 0.2) is 35.5 Å². The van der Waals surface area contributed by atoms with Crippen LogP contribution in [0.3, 0.4) is 0 Å². The molecule has 1 aliphatic heterocycles. The Morgan fingerprint density at radius 3 is 2.88 bits per heavy atom. The molecule has 0 saturated heterocycles. The summed E-state index contributed by atoms with van der Waals surface area (Å²) in [6.07, 6.45) is 4.29. The van der Waals surface area contributed by atoms with Crippen molar-refractivity contribution in [3.63, 3.8) is 0 Å². The van der Waals surface area contributed by atoms with Crippen molar-refractivity contribution in [2.24, 2.45) is 11.1 Å². The van der Waals surface area contributed by atoms with Crippen LogP contribution >= 0.6 is 0 Å². The van der Waals surface area contributed by atoms with Crippen LogP contribution in [0.25, 0.3) is 0 Å². The molecular weight excluding hydrogens is 214 g/mol. The Kier molecular flexibility index (Phi) is 2.63. The summed E-state index contributed by atoms with van der Waals surface area (Å²) in [4.78, 5) is 5.60. The summed E-state index contributed by atoms with van der Waals surface area (Å²) in [5.74, 6) is 0.253. The first-order valence-corrected chi connectivity index (χ1v) is 6.28. The Hall–Kier alpha value is -1.35. The van der Waals surface area contributed by atoms with E-state index in [1.807, 2.05) is 18.2 Å². The van der Waals surface area contributed by atoms with Crippen LogP contribution in [0.1, 0.15) is 31.2 Å². The van der Waals surface area contributed by atoms with Crippen molar-refractivity contribution in [1.29, 1.82) is 0 Å². The van der Waals surface area contributed by atoms with Gasteiger partial charge in [0.25, 0.3) is 0 Å². The number of nitrogens with zero attached hydrogens (tertiary/aromatic N) is 1. The summed E-state index contributed by atoms with van der Waals surface area (Å²) in [7, 11) is 0. The summed E-state index contributed by atoms with van der Waals surface area (Å²) < 4.78 is 0. The Balaban J connectivity index is 1.93. The van der Waals surface area contributed by atoms with E-state index in [4.69, 9.17) is 4.84 Å². The van der Waals surface area contributed by atoms with E-state index >= 15 is 0 Å². The van der Waals surface area contributed by atoms with Gasteiger partial charge < -0.3 is 9.94 Å². The normalized spacial score (nSPS) is 31.6. The smallest absolute Gasteiger partial charge is 0.169 e. The quantitative estimate of drug-likeness (QED) is 0.848. The van der Waals surface area contributed by atoms with Gasteiger partial charge in [-0.2, -0.15) is 0 Å². The number of hydrogen-bond donors (Lipinski definition) is 1. The average molecular weight is 231 g/mol. The van der Waals surface area contributed by atoms with E-state index in [0.29, 0.717) is 0 Å². The van der Waals surface area contributed by atoms with E-state index in [2.05, 4.69) is 17.3 Å². The highest BCUT2D eigenvalue weighted by atomic mass is 16.7. The molecule has 0 spiro atoms. The molecule has 0 bridgehead atoms. The van der Waals surface area contributed by atoms with Gasteiger partial charge in [0.1, 0.15) is 0 Å². The molecule has 1 saturated carbocycles. The minimum Gasteiger partial charge on any atom is -0.392 e. The van der Waals surface area contributed by atoms with E-state index in [-0.39, 0.29) is 12.5 Å². The Morgan fingerprint density at radius 2 is 2.12 bits per heavy atom. The van der Waals surface area contributed by atoms with E-state index in [1.165, 1.54) is 6.42 Å². The van der Waals surface area contributed by atoms with Crippen LogP contribution < -0.4 is 0 Å². The standard InChI is InChI=1S/C14H17NO2/c16-10-14-9-5-4-8-12(14)13(15-17-14)11-6-2-1-3-7-11/h1-3,6-7,12,16H,4-5,8-10H2. The van der Waals surface area contributed by atoms with E-state index in [9.17, 15) is 5.11 Å². The van der Waals surface area contributed by atoms with Crippen LogP contribution in [0.2, 0.25) is 0 Å². The van der Waals surface area contributed by atoms with Gasteiger partial charge in [-0.25, -0.2) is 0 Å². The molecule has 2 atom stereocenters. The fourth-order valence-electron chi connectivity index (χ4n) is 2.99. The maximum absolute atomic E-state index is 9.62. The first-order valence-electron chi connectivity index (χ1n) is 6.28. The lowest BCUT2D eigenvalue weighted by Gasteiger charge is -2.35. The van der Waals surface area contributed by atoms with Crippen LogP contribution in [0, 0.1) is 5.92 Å². The van der Waals surface area contributed by atoms with Crippen LogP contribution in [0.5, 0.6) is 0 Å². The van der Waals surface area contributed by atoms with Gasteiger partial charge in [0, 0.05) is 0 Å². The summed E-state index contributed by atoms with van der Waals surface area (Å²) in [6.45, 7) is 0.0670. The molecule has 3 nitrogen and oxygen atoms in total. The topological polar surface area (TPSA) is 41.8 Å². The van der Waals surface area contributed by atoms with Gasteiger partial charge in [-0.3, -0.25) is 0 Å². The first kappa shape index (κ1) is 10.8. The largest absolute Gasteiger partial charge is 0.392 e. The number of oxime groups is 1. The molecule has 0 aromatic heterocycles. The molecule has 0 amide bonds. The maximum atomic E-state index is 9.62. The number of fused-ring (bicyclic) bond motifs is 1. The third-order valence-electron chi connectivity index (χ3n) is 3.97. The molecule has 1 aliphatic carbocycles. The molecule has 90 valence electrons. The van der Waals surface area contributed by atoms with Crippen molar-refractivity contribution in [2.75, 3.05) is 6.61 Å². The highest BCUT2D eigenvalue weighted by Gasteiger charge is 2.49. The third kappa shape index (κ3) is 1.65. The van der Waals surface area contributed by atoms with Crippen molar-refractivity contribution in [2.45, 2.75) is 31.3 Å². The van der Waals surface area contributed by atoms with E-state index in [1.54, 1.807) is 0 Å². The lowest BCUT2D eigenvalue weighted by atomic mass is 9.72. The van der Waals surface area contributed by atoms with E-state index < -0.39 is 5.60 Å². The van der Waals surface area contributed by atoms with Crippen LogP contribution in [-0.4, -0.2) is 23.0 Å². The van der Waals surface area contributed by atoms with Gasteiger partial charge in [-0.1, -0.05) is 41.9 Å². The molecule has 1 N–H and O–H groups in total. The third-order valence-corrected chi connectivity index (χ3v) is 3.97. The number of rotatable bonds is 2. The van der Waals surface area contributed by atoms with Gasteiger partial charge in [0.15, 0.2) is 5.60 Å². The Morgan fingerprint density at radius 1 is 1.29 bits per heavy atom. The first-order chi connectivity index (χ1) is 8.36. The second-order valence-corrected chi connectivity index (χ2v) is 4.96. The van der Waals surface area contributed by atoms with Crippen molar-refractivity contribution in [3.8, 4) is 0 Å². The predicted molar refractivity (Wildman–Crippen MR) is 65.8 cm³/mol. The van der Waals surface area contributed by atoms with Crippen molar-refractivity contribution < 1.29 is 9.94 Å². The second kappa shape index (κ2) is 4.15. The van der Waals surface area contributed by atoms with E-state index in [0.717, 1.165) is 30.5 Å². The van der Waals surface area contributed by atoms with Crippen molar-refractivity contribution >= 4 is 5.71 Å². The Labute approximate surface area is 101 Å². The molecule has 3 rings (SSSR count). The lowest BCUT2D eigenvalue weighted by Crippen LogP contribution is -2.45. The van der Waals surface area contributed by atoms with Gasteiger partial charge >= 0.3 is 0 Å². The summed E-state index contributed by atoms with van der Waals surface area (Å²) in [5, 5.41) is 13.9. The van der Waals surface area contributed by atoms with Crippen LogP contribution in [-0.2, 0) is 4.84 Å². The SMILES string of the molecule is OCC12CCCCC1C(c1ccccc1)=NO2. The highest BCUT2D eigenvalue weighted by molar-refractivity contribution is 6.03. The molecule has 1 aromatic carbocycles. The predicted octanol–water partition coefficient (Wildman–Crippen LogP) is 2.34. The zero-order valence-electron chi connectivity index (χ0n) is 9.80.